The van der Waals surface area contributed by atoms with Crippen molar-refractivity contribution in [2.24, 2.45) is 0 Å². The third-order valence-corrected chi connectivity index (χ3v) is 5.06. The van der Waals surface area contributed by atoms with Gasteiger partial charge in [0.05, 0.1) is 0 Å². The Kier molecular flexibility index (Phi) is 4.49. The first-order chi connectivity index (χ1) is 11.7. The van der Waals surface area contributed by atoms with Crippen LogP contribution in [0.25, 0.3) is 0 Å². The quantitative estimate of drug-likeness (QED) is 0.868. The number of rotatable bonds is 4. The highest BCUT2D eigenvalue weighted by Crippen LogP contribution is 2.40. The molecule has 2 N–H and O–H groups in total. The van der Waals surface area contributed by atoms with Gasteiger partial charge in [-0.2, -0.15) is 13.2 Å². The predicted molar refractivity (Wildman–Crippen MR) is 92.7 cm³/mol. The molecule has 1 aromatic heterocycles. The summed E-state index contributed by atoms with van der Waals surface area (Å²) < 4.78 is 38.9. The van der Waals surface area contributed by atoms with Crippen LogP contribution >= 0.6 is 0 Å². The maximum Gasteiger partial charge on any atom is 0.407 e. The molecule has 0 amide bonds. The van der Waals surface area contributed by atoms with Crippen LogP contribution in [0.3, 0.4) is 0 Å². The molecule has 2 atom stereocenters. The SMILES string of the molecule is CNC(c1ccc(NC2Cc3ccccc3C2(C)C)nc1)C(F)(F)F. The Morgan fingerprint density at radius 3 is 2.44 bits per heavy atom. The normalized spacial score (nSPS) is 20.2. The molecule has 1 aliphatic carbocycles. The Balaban J connectivity index is 1.77. The summed E-state index contributed by atoms with van der Waals surface area (Å²) in [6, 6.07) is 9.84. The highest BCUT2D eigenvalue weighted by molar-refractivity contribution is 5.47. The Morgan fingerprint density at radius 1 is 1.16 bits per heavy atom. The summed E-state index contributed by atoms with van der Waals surface area (Å²) in [6.45, 7) is 4.34. The van der Waals surface area contributed by atoms with E-state index in [1.807, 2.05) is 12.1 Å². The summed E-state index contributed by atoms with van der Waals surface area (Å²) in [5.74, 6) is 0.589. The lowest BCUT2D eigenvalue weighted by atomic mass is 9.83. The molecule has 0 saturated heterocycles. The number of alkyl halides is 3. The van der Waals surface area contributed by atoms with Crippen LogP contribution in [0.5, 0.6) is 0 Å². The number of nitrogens with zero attached hydrogens (tertiary/aromatic N) is 1. The summed E-state index contributed by atoms with van der Waals surface area (Å²) in [7, 11) is 1.29. The second-order valence-electron chi connectivity index (χ2n) is 7.02. The van der Waals surface area contributed by atoms with Gasteiger partial charge < -0.3 is 10.6 Å². The topological polar surface area (TPSA) is 37.0 Å². The first-order valence-corrected chi connectivity index (χ1v) is 8.28. The molecule has 0 spiro atoms. The number of aromatic nitrogens is 1. The van der Waals surface area contributed by atoms with E-state index in [2.05, 4.69) is 41.6 Å². The van der Waals surface area contributed by atoms with Gasteiger partial charge in [0.1, 0.15) is 11.9 Å². The number of hydrogen-bond acceptors (Lipinski definition) is 3. The molecule has 3 nitrogen and oxygen atoms in total. The zero-order valence-electron chi connectivity index (χ0n) is 14.5. The molecule has 0 fully saturated rings. The molecule has 2 unspecified atom stereocenters. The summed E-state index contributed by atoms with van der Waals surface area (Å²) in [6.07, 6.45) is -2.19. The molecule has 0 aliphatic heterocycles. The third-order valence-electron chi connectivity index (χ3n) is 5.06. The van der Waals surface area contributed by atoms with Gasteiger partial charge in [-0.1, -0.05) is 44.2 Å². The Labute approximate surface area is 145 Å². The number of benzene rings is 1. The highest BCUT2D eigenvalue weighted by Gasteiger charge is 2.41. The number of halogens is 3. The fourth-order valence-corrected chi connectivity index (χ4v) is 3.58. The first-order valence-electron chi connectivity index (χ1n) is 8.28. The Bertz CT molecular complexity index is 738. The average Bonchev–Trinajstić information content (AvgIpc) is 2.80. The van der Waals surface area contributed by atoms with Gasteiger partial charge in [0.2, 0.25) is 0 Å². The van der Waals surface area contributed by atoms with E-state index < -0.39 is 12.2 Å². The van der Waals surface area contributed by atoms with Crippen molar-refractivity contribution in [3.8, 4) is 0 Å². The van der Waals surface area contributed by atoms with Crippen LogP contribution in [0.1, 0.15) is 36.6 Å². The number of hydrogen-bond donors (Lipinski definition) is 2. The summed E-state index contributed by atoms with van der Waals surface area (Å²) in [5.41, 5.74) is 2.64. The number of fused-ring (bicyclic) bond motifs is 1. The van der Waals surface area contributed by atoms with Gasteiger partial charge in [-0.15, -0.1) is 0 Å². The van der Waals surface area contributed by atoms with Crippen molar-refractivity contribution in [1.82, 2.24) is 10.3 Å². The van der Waals surface area contributed by atoms with E-state index in [0.717, 1.165) is 6.42 Å². The van der Waals surface area contributed by atoms with Crippen LogP contribution in [0.4, 0.5) is 19.0 Å². The van der Waals surface area contributed by atoms with Crippen molar-refractivity contribution in [3.05, 3.63) is 59.3 Å². The molecule has 1 aliphatic rings. The molecule has 3 rings (SSSR count). The van der Waals surface area contributed by atoms with Crippen LogP contribution < -0.4 is 10.6 Å². The van der Waals surface area contributed by atoms with Crippen molar-refractivity contribution in [1.29, 1.82) is 0 Å². The lowest BCUT2D eigenvalue weighted by Crippen LogP contribution is -2.36. The van der Waals surface area contributed by atoms with E-state index in [1.165, 1.54) is 30.4 Å². The van der Waals surface area contributed by atoms with Gasteiger partial charge in [0, 0.05) is 17.7 Å². The number of pyridine rings is 1. The molecule has 0 radical (unpaired) electrons. The monoisotopic (exact) mass is 349 g/mol. The maximum atomic E-state index is 13.0. The minimum atomic E-state index is -4.35. The molecule has 25 heavy (non-hydrogen) atoms. The maximum absolute atomic E-state index is 13.0. The van der Waals surface area contributed by atoms with Gasteiger partial charge in [-0.05, 0) is 36.2 Å². The second kappa shape index (κ2) is 6.33. The lowest BCUT2D eigenvalue weighted by molar-refractivity contribution is -0.156. The van der Waals surface area contributed by atoms with E-state index in [0.29, 0.717) is 5.82 Å². The van der Waals surface area contributed by atoms with Crippen LogP contribution in [-0.4, -0.2) is 24.2 Å². The van der Waals surface area contributed by atoms with E-state index >= 15 is 0 Å². The molecule has 2 aromatic rings. The minimum absolute atomic E-state index is 0.0730. The van der Waals surface area contributed by atoms with Crippen molar-refractivity contribution >= 4 is 5.82 Å². The zero-order valence-corrected chi connectivity index (χ0v) is 14.5. The van der Waals surface area contributed by atoms with E-state index in [9.17, 15) is 13.2 Å². The third kappa shape index (κ3) is 3.35. The molecule has 0 saturated carbocycles. The Hall–Kier alpha value is -2.08. The van der Waals surface area contributed by atoms with Gasteiger partial charge >= 0.3 is 6.18 Å². The van der Waals surface area contributed by atoms with Gasteiger partial charge in [0.25, 0.3) is 0 Å². The molecule has 1 heterocycles. The van der Waals surface area contributed by atoms with Gasteiger partial charge in [0.15, 0.2) is 0 Å². The van der Waals surface area contributed by atoms with Crippen LogP contribution in [-0.2, 0) is 11.8 Å². The zero-order chi connectivity index (χ0) is 18.2. The largest absolute Gasteiger partial charge is 0.407 e. The van der Waals surface area contributed by atoms with Crippen LogP contribution in [0.2, 0.25) is 0 Å². The molecule has 0 bridgehead atoms. The van der Waals surface area contributed by atoms with Crippen LogP contribution in [0.15, 0.2) is 42.6 Å². The van der Waals surface area contributed by atoms with Crippen molar-refractivity contribution < 1.29 is 13.2 Å². The first kappa shape index (κ1) is 17.7. The van der Waals surface area contributed by atoms with Crippen molar-refractivity contribution in [2.75, 3.05) is 12.4 Å². The summed E-state index contributed by atoms with van der Waals surface area (Å²) in [4.78, 5) is 4.20. The predicted octanol–water partition coefficient (Wildman–Crippen LogP) is 4.22. The summed E-state index contributed by atoms with van der Waals surface area (Å²) >= 11 is 0. The fraction of sp³-hybridized carbons (Fsp3) is 0.421. The minimum Gasteiger partial charge on any atom is -0.366 e. The lowest BCUT2D eigenvalue weighted by Gasteiger charge is -2.29. The second-order valence-corrected chi connectivity index (χ2v) is 7.02. The molecule has 6 heteroatoms. The smallest absolute Gasteiger partial charge is 0.366 e. The van der Waals surface area contributed by atoms with E-state index in [-0.39, 0.29) is 17.0 Å². The van der Waals surface area contributed by atoms with Crippen molar-refractivity contribution in [2.45, 2.75) is 43.9 Å². The van der Waals surface area contributed by atoms with E-state index in [4.69, 9.17) is 0 Å². The van der Waals surface area contributed by atoms with Crippen LogP contribution in [0, 0.1) is 0 Å². The average molecular weight is 349 g/mol. The molecular weight excluding hydrogens is 327 g/mol. The summed E-state index contributed by atoms with van der Waals surface area (Å²) in [5, 5.41) is 5.68. The van der Waals surface area contributed by atoms with Gasteiger partial charge in [-0.25, -0.2) is 4.98 Å². The fourth-order valence-electron chi connectivity index (χ4n) is 3.58. The van der Waals surface area contributed by atoms with Gasteiger partial charge in [-0.3, -0.25) is 0 Å². The number of nitrogens with one attached hydrogen (secondary N) is 2. The highest BCUT2D eigenvalue weighted by atomic mass is 19.4. The molecule has 1 aromatic carbocycles. The van der Waals surface area contributed by atoms with Crippen molar-refractivity contribution in [3.63, 3.8) is 0 Å². The Morgan fingerprint density at radius 2 is 1.88 bits per heavy atom. The number of anilines is 1. The molecule has 134 valence electrons. The molecular formula is C19H22F3N3. The van der Waals surface area contributed by atoms with E-state index in [1.54, 1.807) is 6.07 Å². The standard InChI is InChI=1S/C19H22F3N3/c1-18(2)14-7-5-4-6-12(14)10-15(18)25-16-9-8-13(11-24-16)17(23-3)19(20,21)22/h4-9,11,15,17,23H,10H2,1-3H3,(H,24,25).